The average molecular weight is 367 g/mol. The summed E-state index contributed by atoms with van der Waals surface area (Å²) < 4.78 is 1.68. The molecule has 0 unspecified atom stereocenters. The summed E-state index contributed by atoms with van der Waals surface area (Å²) in [6.07, 6.45) is 0.870. The van der Waals surface area contributed by atoms with Crippen LogP contribution in [0.5, 0.6) is 0 Å². The second kappa shape index (κ2) is 8.14. The highest BCUT2D eigenvalue weighted by molar-refractivity contribution is 7.99. The number of nitrogens with one attached hydrogen (secondary N) is 1. The average Bonchev–Trinajstić information content (AvgIpc) is 3.11. The van der Waals surface area contributed by atoms with E-state index in [1.54, 1.807) is 4.68 Å². The van der Waals surface area contributed by atoms with E-state index >= 15 is 0 Å². The van der Waals surface area contributed by atoms with E-state index in [0.717, 1.165) is 34.5 Å². The Balaban J connectivity index is 1.70. The Labute approximate surface area is 157 Å². The molecule has 1 amide bonds. The van der Waals surface area contributed by atoms with E-state index in [1.807, 2.05) is 50.2 Å². The Bertz CT molecular complexity index is 922. The molecule has 0 bridgehead atoms. The number of benzene rings is 2. The van der Waals surface area contributed by atoms with E-state index in [2.05, 4.69) is 33.8 Å². The van der Waals surface area contributed by atoms with Gasteiger partial charge in [0.25, 0.3) is 0 Å². The third kappa shape index (κ3) is 4.11. The highest BCUT2D eigenvalue weighted by Gasteiger charge is 2.14. The first-order chi connectivity index (χ1) is 12.6. The lowest BCUT2D eigenvalue weighted by molar-refractivity contribution is -0.113. The van der Waals surface area contributed by atoms with Crippen LogP contribution in [-0.2, 0) is 11.2 Å². The van der Waals surface area contributed by atoms with Crippen molar-refractivity contribution in [3.8, 4) is 5.69 Å². The number of aryl methyl sites for hydroxylation is 3. The standard InChI is InChI=1S/C19H21N5OS/c1-4-15-7-5-6-8-16(15)20-18(25)12-26-19-21-22-23-24(19)17-11-13(2)9-10-14(17)3/h5-11H,4,12H2,1-3H3,(H,20,25). The molecule has 0 saturated heterocycles. The summed E-state index contributed by atoms with van der Waals surface area (Å²) in [5.74, 6) is 0.162. The molecule has 7 heteroatoms. The van der Waals surface area contributed by atoms with E-state index in [1.165, 1.54) is 11.8 Å². The van der Waals surface area contributed by atoms with Crippen molar-refractivity contribution in [1.29, 1.82) is 0 Å². The van der Waals surface area contributed by atoms with Gasteiger partial charge in [0.2, 0.25) is 11.1 Å². The second-order valence-corrected chi connectivity index (χ2v) is 6.95. The molecule has 2 aromatic carbocycles. The molecule has 0 aliphatic rings. The van der Waals surface area contributed by atoms with Crippen molar-refractivity contribution >= 4 is 23.4 Å². The van der Waals surface area contributed by atoms with Gasteiger partial charge in [0, 0.05) is 5.69 Å². The first kappa shape index (κ1) is 18.1. The number of thioether (sulfide) groups is 1. The number of hydrogen-bond donors (Lipinski definition) is 1. The number of carbonyl (C=O) groups is 1. The van der Waals surface area contributed by atoms with Crippen molar-refractivity contribution in [2.75, 3.05) is 11.1 Å². The number of amides is 1. The normalized spacial score (nSPS) is 10.7. The maximum atomic E-state index is 12.3. The molecule has 26 heavy (non-hydrogen) atoms. The number of tetrazole rings is 1. The van der Waals surface area contributed by atoms with Crippen molar-refractivity contribution in [1.82, 2.24) is 20.2 Å². The number of hydrogen-bond acceptors (Lipinski definition) is 5. The molecule has 0 aliphatic carbocycles. The number of nitrogens with zero attached hydrogens (tertiary/aromatic N) is 4. The molecule has 6 nitrogen and oxygen atoms in total. The zero-order chi connectivity index (χ0) is 18.5. The van der Waals surface area contributed by atoms with Crippen LogP contribution in [0.25, 0.3) is 5.69 Å². The maximum absolute atomic E-state index is 12.3. The largest absolute Gasteiger partial charge is 0.325 e. The SMILES string of the molecule is CCc1ccccc1NC(=O)CSc1nnnn1-c1cc(C)ccc1C. The predicted octanol–water partition coefficient (Wildman–Crippen LogP) is 3.57. The summed E-state index contributed by atoms with van der Waals surface area (Å²) in [4.78, 5) is 12.3. The Morgan fingerprint density at radius 3 is 2.81 bits per heavy atom. The number of para-hydroxylation sites is 1. The molecular formula is C19H21N5OS. The molecule has 0 fully saturated rings. The van der Waals surface area contributed by atoms with Crippen LogP contribution in [0.4, 0.5) is 5.69 Å². The third-order valence-electron chi connectivity index (χ3n) is 4.04. The maximum Gasteiger partial charge on any atom is 0.234 e. The van der Waals surface area contributed by atoms with Gasteiger partial charge < -0.3 is 5.32 Å². The van der Waals surface area contributed by atoms with Crippen molar-refractivity contribution < 1.29 is 4.79 Å². The Morgan fingerprint density at radius 2 is 2.00 bits per heavy atom. The molecule has 0 radical (unpaired) electrons. The molecule has 0 aliphatic heterocycles. The zero-order valence-electron chi connectivity index (χ0n) is 15.1. The Kier molecular flexibility index (Phi) is 5.68. The lowest BCUT2D eigenvalue weighted by Crippen LogP contribution is -2.15. The first-order valence-electron chi connectivity index (χ1n) is 8.45. The van der Waals surface area contributed by atoms with Gasteiger partial charge in [0.15, 0.2) is 0 Å². The molecule has 1 aromatic heterocycles. The van der Waals surface area contributed by atoms with Crippen molar-refractivity contribution in [3.05, 3.63) is 59.2 Å². The second-order valence-electron chi connectivity index (χ2n) is 6.01. The molecule has 1 heterocycles. The van der Waals surface area contributed by atoms with Gasteiger partial charge in [-0.15, -0.1) is 5.10 Å². The topological polar surface area (TPSA) is 72.7 Å². The van der Waals surface area contributed by atoms with Crippen LogP contribution >= 0.6 is 11.8 Å². The summed E-state index contributed by atoms with van der Waals surface area (Å²) in [5.41, 5.74) is 5.10. The van der Waals surface area contributed by atoms with Gasteiger partial charge in [-0.3, -0.25) is 4.79 Å². The highest BCUT2D eigenvalue weighted by Crippen LogP contribution is 2.22. The van der Waals surface area contributed by atoms with Crippen LogP contribution in [0.3, 0.4) is 0 Å². The summed E-state index contributed by atoms with van der Waals surface area (Å²) in [6, 6.07) is 14.0. The molecule has 1 N–H and O–H groups in total. The van der Waals surface area contributed by atoms with E-state index in [4.69, 9.17) is 0 Å². The van der Waals surface area contributed by atoms with Crippen molar-refractivity contribution in [3.63, 3.8) is 0 Å². The minimum atomic E-state index is -0.0774. The lowest BCUT2D eigenvalue weighted by Gasteiger charge is -2.10. The van der Waals surface area contributed by atoms with Crippen LogP contribution in [0.15, 0.2) is 47.6 Å². The van der Waals surface area contributed by atoms with E-state index in [9.17, 15) is 4.79 Å². The third-order valence-corrected chi connectivity index (χ3v) is 4.96. The van der Waals surface area contributed by atoms with Gasteiger partial charge in [0.1, 0.15) is 0 Å². The summed E-state index contributed by atoms with van der Waals surface area (Å²) in [5, 5.41) is 15.5. The minimum Gasteiger partial charge on any atom is -0.325 e. The number of carbonyl (C=O) groups excluding carboxylic acids is 1. The fraction of sp³-hybridized carbons (Fsp3) is 0.263. The zero-order valence-corrected chi connectivity index (χ0v) is 15.9. The molecule has 0 atom stereocenters. The lowest BCUT2D eigenvalue weighted by atomic mass is 10.1. The predicted molar refractivity (Wildman–Crippen MR) is 104 cm³/mol. The van der Waals surface area contributed by atoms with Crippen LogP contribution < -0.4 is 5.32 Å². The Hall–Kier alpha value is -2.67. The molecule has 134 valence electrons. The van der Waals surface area contributed by atoms with Gasteiger partial charge in [-0.2, -0.15) is 4.68 Å². The van der Waals surface area contributed by atoms with Gasteiger partial charge in [-0.25, -0.2) is 0 Å². The molecule has 3 aromatic rings. The summed E-state index contributed by atoms with van der Waals surface area (Å²) in [6.45, 7) is 6.11. The molecule has 3 rings (SSSR count). The quantitative estimate of drug-likeness (QED) is 0.674. The highest BCUT2D eigenvalue weighted by atomic mass is 32.2. The van der Waals surface area contributed by atoms with Crippen LogP contribution in [0.2, 0.25) is 0 Å². The van der Waals surface area contributed by atoms with Gasteiger partial charge in [-0.05, 0) is 59.5 Å². The summed E-state index contributed by atoms with van der Waals surface area (Å²) in [7, 11) is 0. The van der Waals surface area contributed by atoms with Gasteiger partial charge >= 0.3 is 0 Å². The first-order valence-corrected chi connectivity index (χ1v) is 9.43. The Morgan fingerprint density at radius 1 is 1.19 bits per heavy atom. The smallest absolute Gasteiger partial charge is 0.234 e. The number of aromatic nitrogens is 4. The van der Waals surface area contributed by atoms with E-state index in [-0.39, 0.29) is 11.7 Å². The number of rotatable bonds is 6. The van der Waals surface area contributed by atoms with Crippen molar-refractivity contribution in [2.24, 2.45) is 0 Å². The van der Waals surface area contributed by atoms with Crippen LogP contribution in [0.1, 0.15) is 23.6 Å². The number of anilines is 1. The van der Waals surface area contributed by atoms with Gasteiger partial charge in [-0.1, -0.05) is 49.0 Å². The molecule has 0 spiro atoms. The van der Waals surface area contributed by atoms with Crippen LogP contribution in [-0.4, -0.2) is 31.9 Å². The van der Waals surface area contributed by atoms with Crippen molar-refractivity contribution in [2.45, 2.75) is 32.3 Å². The summed E-state index contributed by atoms with van der Waals surface area (Å²) >= 11 is 1.32. The minimum absolute atomic E-state index is 0.0774. The fourth-order valence-electron chi connectivity index (χ4n) is 2.63. The van der Waals surface area contributed by atoms with Crippen LogP contribution in [0, 0.1) is 13.8 Å². The molecule has 0 saturated carbocycles. The van der Waals surface area contributed by atoms with E-state index < -0.39 is 0 Å². The van der Waals surface area contributed by atoms with Gasteiger partial charge in [0.05, 0.1) is 11.4 Å². The monoisotopic (exact) mass is 367 g/mol. The van der Waals surface area contributed by atoms with E-state index in [0.29, 0.717) is 5.16 Å². The fourth-order valence-corrected chi connectivity index (χ4v) is 3.32. The molecular weight excluding hydrogens is 346 g/mol.